The number of hydrogen-bond donors (Lipinski definition) is 2. The summed E-state index contributed by atoms with van der Waals surface area (Å²) in [6.07, 6.45) is 0.436. The minimum atomic E-state index is 0.00121. The Kier molecular flexibility index (Phi) is 5.66. The summed E-state index contributed by atoms with van der Waals surface area (Å²) in [7, 11) is 0. The van der Waals surface area contributed by atoms with Gasteiger partial charge in [0.2, 0.25) is 5.91 Å². The predicted molar refractivity (Wildman–Crippen MR) is 103 cm³/mol. The molecule has 0 unspecified atom stereocenters. The lowest BCUT2D eigenvalue weighted by atomic mass is 9.86. The summed E-state index contributed by atoms with van der Waals surface area (Å²) in [6.45, 7) is 11.2. The molecule has 128 valence electrons. The molecular weight excluding hydrogens is 296 g/mol. The minimum absolute atomic E-state index is 0.00121. The van der Waals surface area contributed by atoms with E-state index in [0.29, 0.717) is 13.0 Å². The highest BCUT2D eigenvalue weighted by atomic mass is 16.1. The third-order valence-corrected chi connectivity index (χ3v) is 3.91. The van der Waals surface area contributed by atoms with Crippen molar-refractivity contribution in [2.45, 2.75) is 46.5 Å². The second-order valence-electron chi connectivity index (χ2n) is 7.40. The lowest BCUT2D eigenvalue weighted by Crippen LogP contribution is -2.20. The number of amides is 1. The number of benzene rings is 2. The van der Waals surface area contributed by atoms with Gasteiger partial charge in [-0.25, -0.2) is 0 Å². The molecule has 0 atom stereocenters. The van der Waals surface area contributed by atoms with Crippen molar-refractivity contribution in [1.82, 2.24) is 0 Å². The molecule has 0 saturated carbocycles. The maximum Gasteiger partial charge on any atom is 0.226 e. The van der Waals surface area contributed by atoms with Gasteiger partial charge < -0.3 is 10.6 Å². The fourth-order valence-electron chi connectivity index (χ4n) is 2.86. The van der Waals surface area contributed by atoms with E-state index in [2.05, 4.69) is 69.5 Å². The Labute approximate surface area is 145 Å². The van der Waals surface area contributed by atoms with Gasteiger partial charge in [-0.15, -0.1) is 0 Å². The molecule has 0 spiro atoms. The lowest BCUT2D eigenvalue weighted by molar-refractivity contribution is -0.115. The zero-order chi connectivity index (χ0) is 17.7. The van der Waals surface area contributed by atoms with Gasteiger partial charge in [-0.05, 0) is 54.2 Å². The van der Waals surface area contributed by atoms with Crippen molar-refractivity contribution in [3.8, 4) is 0 Å². The largest absolute Gasteiger partial charge is 0.385 e. The molecule has 24 heavy (non-hydrogen) atoms. The van der Waals surface area contributed by atoms with Gasteiger partial charge in [0.25, 0.3) is 0 Å². The number of carbonyl (C=O) groups is 1. The van der Waals surface area contributed by atoms with E-state index in [0.717, 1.165) is 16.9 Å². The fraction of sp³-hybridized carbons (Fsp3) is 0.381. The van der Waals surface area contributed by atoms with Crippen molar-refractivity contribution < 1.29 is 4.79 Å². The number of para-hydroxylation sites is 1. The van der Waals surface area contributed by atoms with Gasteiger partial charge in [-0.3, -0.25) is 4.79 Å². The Bertz CT molecular complexity index is 694. The molecule has 0 saturated heterocycles. The molecule has 2 aromatic carbocycles. The Hall–Kier alpha value is -2.29. The van der Waals surface area contributed by atoms with Gasteiger partial charge in [0, 0.05) is 24.3 Å². The van der Waals surface area contributed by atoms with Crippen LogP contribution in [0, 0.1) is 13.8 Å². The van der Waals surface area contributed by atoms with Crippen molar-refractivity contribution in [3.05, 3.63) is 59.2 Å². The van der Waals surface area contributed by atoms with E-state index in [4.69, 9.17) is 0 Å². The van der Waals surface area contributed by atoms with Crippen molar-refractivity contribution in [2.24, 2.45) is 0 Å². The maximum atomic E-state index is 12.3. The molecule has 0 heterocycles. The van der Waals surface area contributed by atoms with Crippen LogP contribution in [0.1, 0.15) is 43.9 Å². The summed E-state index contributed by atoms with van der Waals surface area (Å²) >= 11 is 0. The zero-order valence-electron chi connectivity index (χ0n) is 15.4. The smallest absolute Gasteiger partial charge is 0.226 e. The topological polar surface area (TPSA) is 41.1 Å². The Morgan fingerprint density at radius 3 is 2.25 bits per heavy atom. The van der Waals surface area contributed by atoms with E-state index < -0.39 is 0 Å². The van der Waals surface area contributed by atoms with E-state index >= 15 is 0 Å². The molecule has 0 aromatic heterocycles. The number of hydrogen-bond acceptors (Lipinski definition) is 2. The lowest BCUT2D eigenvalue weighted by Gasteiger charge is -2.23. The van der Waals surface area contributed by atoms with Gasteiger partial charge in [0.1, 0.15) is 0 Å². The van der Waals surface area contributed by atoms with Gasteiger partial charge in [-0.1, -0.05) is 45.0 Å². The first-order valence-electron chi connectivity index (χ1n) is 8.47. The molecule has 2 aromatic rings. The van der Waals surface area contributed by atoms with Gasteiger partial charge >= 0.3 is 0 Å². The summed E-state index contributed by atoms with van der Waals surface area (Å²) in [5.74, 6) is 0.0311. The van der Waals surface area contributed by atoms with Crippen LogP contribution < -0.4 is 10.6 Å². The highest BCUT2D eigenvalue weighted by molar-refractivity contribution is 5.92. The fourth-order valence-corrected chi connectivity index (χ4v) is 2.86. The molecule has 2 N–H and O–H groups in total. The van der Waals surface area contributed by atoms with E-state index in [1.165, 1.54) is 11.1 Å². The molecule has 0 aliphatic rings. The van der Waals surface area contributed by atoms with Crippen LogP contribution in [0.4, 0.5) is 11.4 Å². The monoisotopic (exact) mass is 324 g/mol. The minimum Gasteiger partial charge on any atom is -0.385 e. The third-order valence-electron chi connectivity index (χ3n) is 3.91. The first-order chi connectivity index (χ1) is 11.3. The molecular formula is C21H28N2O. The van der Waals surface area contributed by atoms with Crippen molar-refractivity contribution >= 4 is 17.3 Å². The second kappa shape index (κ2) is 7.52. The Morgan fingerprint density at radius 1 is 1.00 bits per heavy atom. The summed E-state index contributed by atoms with van der Waals surface area (Å²) < 4.78 is 0. The third kappa shape index (κ3) is 5.12. The molecule has 0 aliphatic heterocycles. The van der Waals surface area contributed by atoms with Crippen molar-refractivity contribution in [1.29, 1.82) is 0 Å². The van der Waals surface area contributed by atoms with Gasteiger partial charge in [0.05, 0.1) is 0 Å². The average Bonchev–Trinajstić information content (AvgIpc) is 2.45. The first-order valence-corrected chi connectivity index (χ1v) is 8.47. The van der Waals surface area contributed by atoms with Crippen LogP contribution in [0.25, 0.3) is 0 Å². The Balaban J connectivity index is 1.92. The predicted octanol–water partition coefficient (Wildman–Crippen LogP) is 5.04. The molecule has 0 fully saturated rings. The first kappa shape index (κ1) is 18.1. The number of rotatable bonds is 5. The van der Waals surface area contributed by atoms with Gasteiger partial charge in [0.15, 0.2) is 0 Å². The number of aryl methyl sites for hydroxylation is 2. The standard InChI is InChI=1S/C21H28N2O/c1-15-12-16(2)14-17(13-15)22-11-10-20(24)23-19-9-7-6-8-18(19)21(3,4)5/h6-9,12-14,22H,10-11H2,1-5H3,(H,23,24). The van der Waals surface area contributed by atoms with Crippen LogP contribution in [0.2, 0.25) is 0 Å². The van der Waals surface area contributed by atoms with Crippen LogP contribution in [0.15, 0.2) is 42.5 Å². The van der Waals surface area contributed by atoms with Crippen molar-refractivity contribution in [3.63, 3.8) is 0 Å². The summed E-state index contributed by atoms with van der Waals surface area (Å²) in [5, 5.41) is 6.37. The van der Waals surface area contributed by atoms with E-state index in [1.807, 2.05) is 18.2 Å². The molecule has 3 heteroatoms. The number of anilines is 2. The van der Waals surface area contributed by atoms with E-state index in [1.54, 1.807) is 0 Å². The number of carbonyl (C=O) groups excluding carboxylic acids is 1. The van der Waals surface area contributed by atoms with Gasteiger partial charge in [-0.2, -0.15) is 0 Å². The van der Waals surface area contributed by atoms with Crippen molar-refractivity contribution in [2.75, 3.05) is 17.2 Å². The molecule has 3 nitrogen and oxygen atoms in total. The molecule has 0 aliphatic carbocycles. The summed E-state index contributed by atoms with van der Waals surface area (Å²) in [5.41, 5.74) is 5.57. The van der Waals surface area contributed by atoms with Crippen LogP contribution >= 0.6 is 0 Å². The molecule has 2 rings (SSSR count). The second-order valence-corrected chi connectivity index (χ2v) is 7.40. The van der Waals surface area contributed by atoms with E-state index in [9.17, 15) is 4.79 Å². The quantitative estimate of drug-likeness (QED) is 0.809. The molecule has 0 bridgehead atoms. The van der Waals surface area contributed by atoms with Crippen LogP contribution in [0.3, 0.4) is 0 Å². The van der Waals surface area contributed by atoms with E-state index in [-0.39, 0.29) is 11.3 Å². The average molecular weight is 324 g/mol. The molecule has 0 radical (unpaired) electrons. The van der Waals surface area contributed by atoms with Crippen LogP contribution in [-0.2, 0) is 10.2 Å². The SMILES string of the molecule is Cc1cc(C)cc(NCCC(=O)Nc2ccccc2C(C)(C)C)c1. The summed E-state index contributed by atoms with van der Waals surface area (Å²) in [6, 6.07) is 14.3. The summed E-state index contributed by atoms with van der Waals surface area (Å²) in [4.78, 5) is 12.3. The highest BCUT2D eigenvalue weighted by Crippen LogP contribution is 2.29. The van der Waals surface area contributed by atoms with Crippen LogP contribution in [0.5, 0.6) is 0 Å². The normalized spacial score (nSPS) is 11.2. The highest BCUT2D eigenvalue weighted by Gasteiger charge is 2.18. The van der Waals surface area contributed by atoms with Crippen LogP contribution in [-0.4, -0.2) is 12.5 Å². The number of nitrogens with one attached hydrogen (secondary N) is 2. The Morgan fingerprint density at radius 2 is 1.62 bits per heavy atom. The maximum absolute atomic E-state index is 12.3. The molecule has 1 amide bonds. The zero-order valence-corrected chi connectivity index (χ0v) is 15.4.